The smallest absolute Gasteiger partial charge is 0.255 e. The lowest BCUT2D eigenvalue weighted by Gasteiger charge is -2.16. The van der Waals surface area contributed by atoms with Crippen LogP contribution in [0.5, 0.6) is 0 Å². The van der Waals surface area contributed by atoms with Crippen LogP contribution in [-0.2, 0) is 0 Å². The van der Waals surface area contributed by atoms with Crippen LogP contribution in [0.25, 0.3) is 0 Å². The van der Waals surface area contributed by atoms with Crippen LogP contribution in [0.4, 0.5) is 0 Å². The molecule has 1 heterocycles. The maximum atomic E-state index is 12.1. The van der Waals surface area contributed by atoms with Gasteiger partial charge >= 0.3 is 0 Å². The van der Waals surface area contributed by atoms with Crippen molar-refractivity contribution in [1.29, 1.82) is 0 Å². The summed E-state index contributed by atoms with van der Waals surface area (Å²) < 4.78 is 5.14. The first-order valence-corrected chi connectivity index (χ1v) is 6.00. The van der Waals surface area contributed by atoms with Gasteiger partial charge in [0.05, 0.1) is 17.9 Å². The van der Waals surface area contributed by atoms with E-state index in [1.54, 1.807) is 13.0 Å². The SMILES string of the molecule is Cc1ccccc1C(C)NC(=O)c1ccoc1C. The Labute approximate surface area is 107 Å². The van der Waals surface area contributed by atoms with Gasteiger partial charge in [-0.15, -0.1) is 0 Å². The molecule has 2 rings (SSSR count). The summed E-state index contributed by atoms with van der Waals surface area (Å²) >= 11 is 0. The molecule has 3 heteroatoms. The van der Waals surface area contributed by atoms with Crippen molar-refractivity contribution >= 4 is 5.91 Å². The van der Waals surface area contributed by atoms with Crippen LogP contribution in [0, 0.1) is 13.8 Å². The first-order valence-electron chi connectivity index (χ1n) is 6.00. The van der Waals surface area contributed by atoms with Crippen molar-refractivity contribution in [2.24, 2.45) is 0 Å². The van der Waals surface area contributed by atoms with E-state index in [4.69, 9.17) is 4.42 Å². The molecule has 2 aromatic rings. The average molecular weight is 243 g/mol. The van der Waals surface area contributed by atoms with Crippen LogP contribution in [0.2, 0.25) is 0 Å². The van der Waals surface area contributed by atoms with Gasteiger partial charge in [-0.2, -0.15) is 0 Å². The van der Waals surface area contributed by atoms with E-state index >= 15 is 0 Å². The van der Waals surface area contributed by atoms with E-state index in [0.29, 0.717) is 11.3 Å². The molecule has 1 aromatic carbocycles. The fourth-order valence-corrected chi connectivity index (χ4v) is 2.05. The minimum atomic E-state index is -0.1000. The molecule has 1 amide bonds. The molecular weight excluding hydrogens is 226 g/mol. The molecule has 1 unspecified atom stereocenters. The van der Waals surface area contributed by atoms with Gasteiger partial charge in [0.1, 0.15) is 5.76 Å². The molecule has 3 nitrogen and oxygen atoms in total. The summed E-state index contributed by atoms with van der Waals surface area (Å²) in [6.07, 6.45) is 1.53. The number of rotatable bonds is 3. The summed E-state index contributed by atoms with van der Waals surface area (Å²) in [6, 6.07) is 9.72. The second-order valence-electron chi connectivity index (χ2n) is 4.44. The van der Waals surface area contributed by atoms with E-state index in [9.17, 15) is 4.79 Å². The Bertz CT molecular complexity index is 557. The van der Waals surface area contributed by atoms with Crippen molar-refractivity contribution in [3.05, 3.63) is 59.0 Å². The number of hydrogen-bond acceptors (Lipinski definition) is 2. The molecule has 0 spiro atoms. The van der Waals surface area contributed by atoms with Gasteiger partial charge in [0.15, 0.2) is 0 Å². The van der Waals surface area contributed by atoms with Crippen molar-refractivity contribution in [2.75, 3.05) is 0 Å². The molecule has 1 N–H and O–H groups in total. The van der Waals surface area contributed by atoms with E-state index in [1.165, 1.54) is 11.8 Å². The highest BCUT2D eigenvalue weighted by atomic mass is 16.3. The monoisotopic (exact) mass is 243 g/mol. The van der Waals surface area contributed by atoms with E-state index in [2.05, 4.69) is 5.32 Å². The average Bonchev–Trinajstić information content (AvgIpc) is 2.76. The molecular formula is C15H17NO2. The molecule has 0 fully saturated rings. The summed E-state index contributed by atoms with van der Waals surface area (Å²) in [5.74, 6) is 0.543. The molecule has 1 atom stereocenters. The van der Waals surface area contributed by atoms with Crippen molar-refractivity contribution in [3.63, 3.8) is 0 Å². The number of carbonyl (C=O) groups excluding carboxylic acids is 1. The second kappa shape index (κ2) is 5.08. The van der Waals surface area contributed by atoms with Gasteiger partial charge in [-0.05, 0) is 38.0 Å². The van der Waals surface area contributed by atoms with Crippen LogP contribution in [-0.4, -0.2) is 5.91 Å². The fourth-order valence-electron chi connectivity index (χ4n) is 2.05. The predicted octanol–water partition coefficient (Wildman–Crippen LogP) is 3.39. The fraction of sp³-hybridized carbons (Fsp3) is 0.267. The quantitative estimate of drug-likeness (QED) is 0.897. The maximum Gasteiger partial charge on any atom is 0.255 e. The third-order valence-electron chi connectivity index (χ3n) is 3.11. The lowest BCUT2D eigenvalue weighted by atomic mass is 10.0. The van der Waals surface area contributed by atoms with E-state index in [1.807, 2.05) is 38.1 Å². The molecule has 1 aromatic heterocycles. The van der Waals surface area contributed by atoms with E-state index in [-0.39, 0.29) is 11.9 Å². The molecule has 18 heavy (non-hydrogen) atoms. The number of carbonyl (C=O) groups is 1. The van der Waals surface area contributed by atoms with E-state index in [0.717, 1.165) is 5.56 Å². The number of hydrogen-bond donors (Lipinski definition) is 1. The zero-order valence-corrected chi connectivity index (χ0v) is 10.9. The first kappa shape index (κ1) is 12.4. The zero-order chi connectivity index (χ0) is 13.1. The lowest BCUT2D eigenvalue weighted by molar-refractivity contribution is 0.0938. The largest absolute Gasteiger partial charge is 0.469 e. The number of furan rings is 1. The normalized spacial score (nSPS) is 12.2. The molecule has 0 radical (unpaired) electrons. The highest BCUT2D eigenvalue weighted by molar-refractivity contribution is 5.95. The minimum absolute atomic E-state index is 0.0204. The van der Waals surface area contributed by atoms with Crippen molar-refractivity contribution in [2.45, 2.75) is 26.8 Å². The molecule has 0 bridgehead atoms. The summed E-state index contributed by atoms with van der Waals surface area (Å²) in [5, 5.41) is 2.98. The Balaban J connectivity index is 2.13. The molecule has 0 saturated heterocycles. The van der Waals surface area contributed by atoms with Gasteiger partial charge in [0, 0.05) is 0 Å². The third-order valence-corrected chi connectivity index (χ3v) is 3.11. The highest BCUT2D eigenvalue weighted by Gasteiger charge is 2.15. The summed E-state index contributed by atoms with van der Waals surface area (Å²) in [4.78, 5) is 12.1. The topological polar surface area (TPSA) is 42.2 Å². The van der Waals surface area contributed by atoms with Crippen molar-refractivity contribution < 1.29 is 9.21 Å². The third kappa shape index (κ3) is 2.45. The lowest BCUT2D eigenvalue weighted by Crippen LogP contribution is -2.27. The highest BCUT2D eigenvalue weighted by Crippen LogP contribution is 2.18. The Morgan fingerprint density at radius 1 is 1.22 bits per heavy atom. The van der Waals surface area contributed by atoms with Crippen LogP contribution in [0.1, 0.15) is 40.2 Å². The number of benzene rings is 1. The minimum Gasteiger partial charge on any atom is -0.469 e. The van der Waals surface area contributed by atoms with Crippen LogP contribution in [0.3, 0.4) is 0 Å². The summed E-state index contributed by atoms with van der Waals surface area (Å²) in [5.41, 5.74) is 2.90. The van der Waals surface area contributed by atoms with Gasteiger partial charge < -0.3 is 9.73 Å². The van der Waals surface area contributed by atoms with Gasteiger partial charge in [0.2, 0.25) is 0 Å². The first-order chi connectivity index (χ1) is 8.59. The Hall–Kier alpha value is -2.03. The standard InChI is InChI=1S/C15H17NO2/c1-10-6-4-5-7-13(10)11(2)16-15(17)14-8-9-18-12(14)3/h4-9,11H,1-3H3,(H,16,17). The Kier molecular flexibility index (Phi) is 3.51. The summed E-state index contributed by atoms with van der Waals surface area (Å²) in [7, 11) is 0. The molecule has 0 saturated carbocycles. The number of amides is 1. The van der Waals surface area contributed by atoms with Crippen molar-refractivity contribution in [1.82, 2.24) is 5.32 Å². The number of nitrogens with one attached hydrogen (secondary N) is 1. The maximum absolute atomic E-state index is 12.1. The van der Waals surface area contributed by atoms with Crippen LogP contribution < -0.4 is 5.32 Å². The van der Waals surface area contributed by atoms with Crippen LogP contribution >= 0.6 is 0 Å². The molecule has 94 valence electrons. The van der Waals surface area contributed by atoms with Gasteiger partial charge in [-0.25, -0.2) is 0 Å². The predicted molar refractivity (Wildman–Crippen MR) is 70.5 cm³/mol. The summed E-state index contributed by atoms with van der Waals surface area (Å²) in [6.45, 7) is 5.81. The van der Waals surface area contributed by atoms with Gasteiger partial charge in [-0.1, -0.05) is 24.3 Å². The van der Waals surface area contributed by atoms with Crippen molar-refractivity contribution in [3.8, 4) is 0 Å². The molecule has 0 aliphatic heterocycles. The Morgan fingerprint density at radius 2 is 1.94 bits per heavy atom. The van der Waals surface area contributed by atoms with E-state index < -0.39 is 0 Å². The Morgan fingerprint density at radius 3 is 2.56 bits per heavy atom. The van der Waals surface area contributed by atoms with Gasteiger partial charge in [0.25, 0.3) is 5.91 Å². The zero-order valence-electron chi connectivity index (χ0n) is 10.9. The molecule has 0 aliphatic rings. The van der Waals surface area contributed by atoms with Crippen LogP contribution in [0.15, 0.2) is 41.0 Å². The second-order valence-corrected chi connectivity index (χ2v) is 4.44. The molecule has 0 aliphatic carbocycles. The number of aryl methyl sites for hydroxylation is 2. The van der Waals surface area contributed by atoms with Gasteiger partial charge in [-0.3, -0.25) is 4.79 Å².